The van der Waals surface area contributed by atoms with Gasteiger partial charge >= 0.3 is 5.97 Å². The Morgan fingerprint density at radius 2 is 1.82 bits per heavy atom. The smallest absolute Gasteiger partial charge is 0.339 e. The van der Waals surface area contributed by atoms with E-state index in [1.165, 1.54) is 13.2 Å². The summed E-state index contributed by atoms with van der Waals surface area (Å²) in [4.78, 5) is 11.1. The van der Waals surface area contributed by atoms with E-state index >= 15 is 0 Å². The number of ether oxygens (including phenoxy) is 2. The highest BCUT2D eigenvalue weighted by molar-refractivity contribution is 6.02. The van der Waals surface area contributed by atoms with Crippen LogP contribution >= 0.6 is 0 Å². The van der Waals surface area contributed by atoms with Crippen LogP contribution in [0.15, 0.2) is 30.3 Å². The summed E-state index contributed by atoms with van der Waals surface area (Å²) in [5.74, 6) is 0.0400. The molecule has 0 aliphatic carbocycles. The quantitative estimate of drug-likeness (QED) is 0.883. The zero-order valence-electron chi connectivity index (χ0n) is 9.56. The number of carbonyl (C=O) groups is 1. The van der Waals surface area contributed by atoms with Crippen LogP contribution in [-0.4, -0.2) is 25.3 Å². The molecule has 4 heteroatoms. The fourth-order valence-electron chi connectivity index (χ4n) is 1.87. The first-order chi connectivity index (χ1) is 8.19. The molecule has 0 saturated carbocycles. The molecule has 1 N–H and O–H groups in total. The third-order valence-electron chi connectivity index (χ3n) is 2.63. The summed E-state index contributed by atoms with van der Waals surface area (Å²) in [5, 5.41) is 10.6. The molecule has 4 nitrogen and oxygen atoms in total. The number of hydrogen-bond acceptors (Lipinski definition) is 3. The van der Waals surface area contributed by atoms with Gasteiger partial charge in [0.05, 0.1) is 14.2 Å². The van der Waals surface area contributed by atoms with Gasteiger partial charge in [0.2, 0.25) is 0 Å². The van der Waals surface area contributed by atoms with E-state index in [0.717, 1.165) is 10.8 Å². The molecule has 0 aromatic heterocycles. The van der Waals surface area contributed by atoms with Crippen molar-refractivity contribution in [3.05, 3.63) is 35.9 Å². The lowest BCUT2D eigenvalue weighted by Crippen LogP contribution is -2.01. The molecule has 0 amide bonds. The molecule has 2 aromatic carbocycles. The molecule has 88 valence electrons. The first-order valence-corrected chi connectivity index (χ1v) is 5.06. The van der Waals surface area contributed by atoms with Gasteiger partial charge in [0.25, 0.3) is 0 Å². The second kappa shape index (κ2) is 4.33. The molecule has 0 aliphatic heterocycles. The molecular weight excluding hydrogens is 220 g/mol. The number of fused-ring (bicyclic) bond motifs is 1. The largest absolute Gasteiger partial charge is 0.496 e. The van der Waals surface area contributed by atoms with Gasteiger partial charge in [-0.05, 0) is 18.2 Å². The zero-order chi connectivity index (χ0) is 12.4. The molecular formula is C13H12O4. The monoisotopic (exact) mass is 232 g/mol. The van der Waals surface area contributed by atoms with Crippen molar-refractivity contribution in [2.75, 3.05) is 14.2 Å². The first-order valence-electron chi connectivity index (χ1n) is 5.06. The Hall–Kier alpha value is -2.23. The van der Waals surface area contributed by atoms with Crippen LogP contribution < -0.4 is 9.47 Å². The fourth-order valence-corrected chi connectivity index (χ4v) is 1.87. The molecule has 0 saturated heterocycles. The maximum atomic E-state index is 11.1. The lowest BCUT2D eigenvalue weighted by Gasteiger charge is -2.11. The summed E-state index contributed by atoms with van der Waals surface area (Å²) in [5.41, 5.74) is 0.147. The van der Waals surface area contributed by atoms with Crippen LogP contribution in [0, 0.1) is 0 Å². The van der Waals surface area contributed by atoms with E-state index in [4.69, 9.17) is 14.6 Å². The Morgan fingerprint density at radius 1 is 1.06 bits per heavy atom. The van der Waals surface area contributed by atoms with Gasteiger partial charge in [0.1, 0.15) is 17.1 Å². The van der Waals surface area contributed by atoms with Gasteiger partial charge in [0, 0.05) is 10.8 Å². The minimum atomic E-state index is -1.01. The molecule has 0 heterocycles. The van der Waals surface area contributed by atoms with Crippen LogP contribution in [0.3, 0.4) is 0 Å². The Kier molecular flexibility index (Phi) is 2.87. The van der Waals surface area contributed by atoms with Gasteiger partial charge in [-0.2, -0.15) is 0 Å². The number of benzene rings is 2. The van der Waals surface area contributed by atoms with Crippen LogP contribution in [0.1, 0.15) is 10.4 Å². The van der Waals surface area contributed by atoms with E-state index in [1.54, 1.807) is 19.2 Å². The van der Waals surface area contributed by atoms with Crippen molar-refractivity contribution in [1.29, 1.82) is 0 Å². The number of aromatic carboxylic acids is 1. The normalized spacial score (nSPS) is 10.2. The van der Waals surface area contributed by atoms with E-state index in [2.05, 4.69) is 0 Å². The Bertz CT molecular complexity index is 575. The predicted molar refractivity (Wildman–Crippen MR) is 64.0 cm³/mol. The lowest BCUT2D eigenvalue weighted by atomic mass is 10.0. The molecule has 0 unspecified atom stereocenters. The molecule has 0 aliphatic rings. The van der Waals surface area contributed by atoms with Gasteiger partial charge < -0.3 is 14.6 Å². The fraction of sp³-hybridized carbons (Fsp3) is 0.154. The highest BCUT2D eigenvalue weighted by atomic mass is 16.5. The Morgan fingerprint density at radius 3 is 2.41 bits per heavy atom. The van der Waals surface area contributed by atoms with E-state index in [1.807, 2.05) is 12.1 Å². The van der Waals surface area contributed by atoms with Gasteiger partial charge in [-0.1, -0.05) is 12.1 Å². The number of carboxylic acids is 1. The molecule has 0 radical (unpaired) electrons. The second-order valence-electron chi connectivity index (χ2n) is 3.51. The first kappa shape index (κ1) is 11.3. The van der Waals surface area contributed by atoms with Gasteiger partial charge in [-0.25, -0.2) is 4.79 Å². The summed E-state index contributed by atoms with van der Waals surface area (Å²) < 4.78 is 10.4. The van der Waals surface area contributed by atoms with E-state index in [-0.39, 0.29) is 5.56 Å². The van der Waals surface area contributed by atoms with Crippen LogP contribution in [-0.2, 0) is 0 Å². The lowest BCUT2D eigenvalue weighted by molar-refractivity contribution is 0.0693. The molecule has 2 aromatic rings. The van der Waals surface area contributed by atoms with Gasteiger partial charge in [-0.3, -0.25) is 0 Å². The summed E-state index contributed by atoms with van der Waals surface area (Å²) in [6, 6.07) is 8.67. The minimum absolute atomic E-state index is 0.147. The molecule has 0 spiro atoms. The summed E-state index contributed by atoms with van der Waals surface area (Å²) >= 11 is 0. The Labute approximate surface area is 98.4 Å². The highest BCUT2D eigenvalue weighted by Gasteiger charge is 2.15. The SMILES string of the molecule is COc1cccc2c(OC)c(C(=O)O)ccc12. The van der Waals surface area contributed by atoms with Crippen LogP contribution in [0.4, 0.5) is 0 Å². The molecule has 17 heavy (non-hydrogen) atoms. The average Bonchev–Trinajstić information content (AvgIpc) is 2.36. The molecule has 0 bridgehead atoms. The van der Waals surface area contributed by atoms with Crippen LogP contribution in [0.2, 0.25) is 0 Å². The molecule has 0 fully saturated rings. The predicted octanol–water partition coefficient (Wildman–Crippen LogP) is 2.56. The third kappa shape index (κ3) is 1.78. The van der Waals surface area contributed by atoms with Gasteiger partial charge in [-0.15, -0.1) is 0 Å². The van der Waals surface area contributed by atoms with Crippen molar-refractivity contribution < 1.29 is 19.4 Å². The topological polar surface area (TPSA) is 55.8 Å². The van der Waals surface area contributed by atoms with Crippen LogP contribution in [0.5, 0.6) is 11.5 Å². The number of carboxylic acid groups (broad SMARTS) is 1. The molecule has 2 rings (SSSR count). The minimum Gasteiger partial charge on any atom is -0.496 e. The number of methoxy groups -OCH3 is 2. The van der Waals surface area contributed by atoms with Gasteiger partial charge in [0.15, 0.2) is 0 Å². The third-order valence-corrected chi connectivity index (χ3v) is 2.63. The highest BCUT2D eigenvalue weighted by Crippen LogP contribution is 2.34. The summed E-state index contributed by atoms with van der Waals surface area (Å²) in [7, 11) is 3.03. The summed E-state index contributed by atoms with van der Waals surface area (Å²) in [6.07, 6.45) is 0. The average molecular weight is 232 g/mol. The Balaban J connectivity index is 2.82. The van der Waals surface area contributed by atoms with Crippen molar-refractivity contribution in [2.45, 2.75) is 0 Å². The summed E-state index contributed by atoms with van der Waals surface area (Å²) in [6.45, 7) is 0. The second-order valence-corrected chi connectivity index (χ2v) is 3.51. The van der Waals surface area contributed by atoms with E-state index < -0.39 is 5.97 Å². The number of hydrogen-bond donors (Lipinski definition) is 1. The van der Waals surface area contributed by atoms with Crippen molar-refractivity contribution in [3.63, 3.8) is 0 Å². The molecule has 0 atom stereocenters. The van der Waals surface area contributed by atoms with E-state index in [9.17, 15) is 4.79 Å². The van der Waals surface area contributed by atoms with Crippen LogP contribution in [0.25, 0.3) is 10.8 Å². The van der Waals surface area contributed by atoms with Crippen molar-refractivity contribution in [3.8, 4) is 11.5 Å². The van der Waals surface area contributed by atoms with Crippen molar-refractivity contribution in [1.82, 2.24) is 0 Å². The number of rotatable bonds is 3. The standard InChI is InChI=1S/C13H12O4/c1-16-11-5-3-4-9-8(11)6-7-10(13(14)15)12(9)17-2/h3-7H,1-2H3,(H,14,15). The van der Waals surface area contributed by atoms with E-state index in [0.29, 0.717) is 11.5 Å². The zero-order valence-corrected chi connectivity index (χ0v) is 9.56. The maximum absolute atomic E-state index is 11.1. The van der Waals surface area contributed by atoms with Crippen molar-refractivity contribution >= 4 is 16.7 Å². The van der Waals surface area contributed by atoms with Crippen molar-refractivity contribution in [2.24, 2.45) is 0 Å². The maximum Gasteiger partial charge on any atom is 0.339 e.